The lowest BCUT2D eigenvalue weighted by molar-refractivity contribution is -0.277. The molecule has 0 radical (unpaired) electrons. The van der Waals surface area contributed by atoms with Crippen LogP contribution in [-0.2, 0) is 4.74 Å². The molecule has 2 rings (SSSR count). The molecular weight excluding hydrogens is 300 g/mol. The van der Waals surface area contributed by atoms with Crippen molar-refractivity contribution in [3.63, 3.8) is 0 Å². The van der Waals surface area contributed by atoms with Crippen LogP contribution < -0.4 is 4.74 Å². The lowest BCUT2D eigenvalue weighted by Crippen LogP contribution is -2.60. The van der Waals surface area contributed by atoms with Gasteiger partial charge in [-0.2, -0.15) is 0 Å². The lowest BCUT2D eigenvalue weighted by Gasteiger charge is -2.39. The van der Waals surface area contributed by atoms with E-state index in [0.717, 1.165) is 12.1 Å². The van der Waals surface area contributed by atoms with E-state index in [1.165, 1.54) is 6.07 Å². The van der Waals surface area contributed by atoms with Crippen molar-refractivity contribution >= 4 is 5.97 Å². The molecule has 0 amide bonds. The SMILES string of the molecule is O=C(O)c1cc(OC2O[C@H](CO)[C@@H](O)[C@H](O)[C@H]2O)ccc1O. The zero-order valence-corrected chi connectivity index (χ0v) is 11.2. The number of aliphatic hydroxyl groups is 4. The number of hydrogen-bond donors (Lipinski definition) is 6. The number of carbonyl (C=O) groups is 1. The summed E-state index contributed by atoms with van der Waals surface area (Å²) in [6, 6.07) is 3.34. The molecule has 5 atom stereocenters. The summed E-state index contributed by atoms with van der Waals surface area (Å²) in [4.78, 5) is 10.9. The van der Waals surface area contributed by atoms with Crippen molar-refractivity contribution in [1.82, 2.24) is 0 Å². The molecule has 1 saturated heterocycles. The van der Waals surface area contributed by atoms with Gasteiger partial charge in [-0.25, -0.2) is 4.79 Å². The van der Waals surface area contributed by atoms with Crippen molar-refractivity contribution < 1.29 is 44.9 Å². The van der Waals surface area contributed by atoms with Crippen LogP contribution in [-0.4, -0.2) is 73.9 Å². The minimum Gasteiger partial charge on any atom is -0.507 e. The highest BCUT2D eigenvalue weighted by atomic mass is 16.7. The number of rotatable bonds is 4. The molecule has 1 aromatic rings. The Kier molecular flexibility index (Phi) is 4.84. The standard InChI is InChI=1S/C13H16O9/c14-4-8-9(16)10(17)11(18)13(22-8)21-5-1-2-7(15)6(3-5)12(19)20/h1-3,8-11,13-18H,4H2,(H,19,20)/t8-,9-,10+,11-,13?/m1/s1. The van der Waals surface area contributed by atoms with Gasteiger partial charge in [0, 0.05) is 0 Å². The highest BCUT2D eigenvalue weighted by Gasteiger charge is 2.44. The number of carboxylic acid groups (broad SMARTS) is 1. The molecule has 1 aliphatic heterocycles. The van der Waals surface area contributed by atoms with E-state index in [0.29, 0.717) is 0 Å². The zero-order valence-electron chi connectivity index (χ0n) is 11.2. The van der Waals surface area contributed by atoms with Gasteiger partial charge in [0.25, 0.3) is 0 Å². The Morgan fingerprint density at radius 3 is 2.45 bits per heavy atom. The smallest absolute Gasteiger partial charge is 0.339 e. The van der Waals surface area contributed by atoms with Crippen LogP contribution in [0.3, 0.4) is 0 Å². The zero-order chi connectivity index (χ0) is 16.4. The van der Waals surface area contributed by atoms with Crippen LogP contribution in [0.4, 0.5) is 0 Å². The monoisotopic (exact) mass is 316 g/mol. The van der Waals surface area contributed by atoms with Crippen LogP contribution in [0.25, 0.3) is 0 Å². The number of ether oxygens (including phenoxy) is 2. The van der Waals surface area contributed by atoms with Crippen molar-refractivity contribution in [2.45, 2.75) is 30.7 Å². The molecule has 1 aromatic carbocycles. The Balaban J connectivity index is 2.19. The van der Waals surface area contributed by atoms with Crippen LogP contribution in [0.15, 0.2) is 18.2 Å². The van der Waals surface area contributed by atoms with Gasteiger partial charge in [-0.15, -0.1) is 0 Å². The summed E-state index contributed by atoms with van der Waals surface area (Å²) in [5.41, 5.74) is -0.415. The van der Waals surface area contributed by atoms with E-state index in [4.69, 9.17) is 19.7 Å². The highest BCUT2D eigenvalue weighted by Crippen LogP contribution is 2.27. The van der Waals surface area contributed by atoms with Gasteiger partial charge in [0.15, 0.2) is 0 Å². The van der Waals surface area contributed by atoms with Gasteiger partial charge in [-0.05, 0) is 18.2 Å². The maximum Gasteiger partial charge on any atom is 0.339 e. The molecule has 0 bridgehead atoms. The number of aliphatic hydroxyl groups excluding tert-OH is 4. The summed E-state index contributed by atoms with van der Waals surface area (Å²) < 4.78 is 10.4. The molecule has 6 N–H and O–H groups in total. The minimum absolute atomic E-state index is 0.0421. The molecule has 0 spiro atoms. The molecule has 22 heavy (non-hydrogen) atoms. The number of phenols is 1. The third-order valence-electron chi connectivity index (χ3n) is 3.30. The molecule has 0 aromatic heterocycles. The molecule has 9 heteroatoms. The third-order valence-corrected chi connectivity index (χ3v) is 3.30. The Labute approximate surface area is 124 Å². The summed E-state index contributed by atoms with van der Waals surface area (Å²) in [5, 5.41) is 56.4. The normalized spacial score (nSPS) is 31.7. The van der Waals surface area contributed by atoms with Crippen LogP contribution >= 0.6 is 0 Å². The third kappa shape index (κ3) is 3.13. The quantitative estimate of drug-likeness (QED) is 0.380. The topological polar surface area (TPSA) is 157 Å². The first-order valence-corrected chi connectivity index (χ1v) is 6.38. The first-order chi connectivity index (χ1) is 10.3. The average molecular weight is 316 g/mol. The van der Waals surface area contributed by atoms with Gasteiger partial charge in [0.05, 0.1) is 6.61 Å². The van der Waals surface area contributed by atoms with E-state index < -0.39 is 54.6 Å². The van der Waals surface area contributed by atoms with E-state index >= 15 is 0 Å². The number of benzene rings is 1. The number of carboxylic acids is 1. The van der Waals surface area contributed by atoms with Crippen LogP contribution in [0.2, 0.25) is 0 Å². The van der Waals surface area contributed by atoms with E-state index in [-0.39, 0.29) is 5.75 Å². The second-order valence-electron chi connectivity index (χ2n) is 4.80. The Hall–Kier alpha value is -1.91. The van der Waals surface area contributed by atoms with Gasteiger partial charge in [0.1, 0.15) is 41.5 Å². The average Bonchev–Trinajstić information content (AvgIpc) is 2.49. The Bertz CT molecular complexity index is 544. The number of aromatic hydroxyl groups is 1. The molecule has 1 aliphatic rings. The van der Waals surface area contributed by atoms with Gasteiger partial charge < -0.3 is 40.1 Å². The van der Waals surface area contributed by atoms with Gasteiger partial charge >= 0.3 is 5.97 Å². The molecule has 0 aliphatic carbocycles. The van der Waals surface area contributed by atoms with Crippen molar-refractivity contribution in [2.24, 2.45) is 0 Å². The van der Waals surface area contributed by atoms with Gasteiger partial charge in [-0.1, -0.05) is 0 Å². The number of aromatic carboxylic acids is 1. The fourth-order valence-electron chi connectivity index (χ4n) is 2.06. The lowest BCUT2D eigenvalue weighted by atomic mass is 9.99. The Morgan fingerprint density at radius 2 is 1.86 bits per heavy atom. The van der Waals surface area contributed by atoms with Gasteiger partial charge in [-0.3, -0.25) is 0 Å². The Morgan fingerprint density at radius 1 is 1.18 bits per heavy atom. The van der Waals surface area contributed by atoms with Crippen molar-refractivity contribution in [2.75, 3.05) is 6.61 Å². The first-order valence-electron chi connectivity index (χ1n) is 6.38. The maximum absolute atomic E-state index is 10.9. The second-order valence-corrected chi connectivity index (χ2v) is 4.80. The fraction of sp³-hybridized carbons (Fsp3) is 0.462. The minimum atomic E-state index is -1.61. The molecule has 1 unspecified atom stereocenters. The maximum atomic E-state index is 10.9. The summed E-state index contributed by atoms with van der Waals surface area (Å²) in [6.45, 7) is -0.610. The summed E-state index contributed by atoms with van der Waals surface area (Å²) in [5.74, 6) is -1.88. The molecule has 1 fully saturated rings. The van der Waals surface area contributed by atoms with Crippen molar-refractivity contribution in [3.05, 3.63) is 23.8 Å². The van der Waals surface area contributed by atoms with Crippen LogP contribution in [0, 0.1) is 0 Å². The van der Waals surface area contributed by atoms with E-state index in [2.05, 4.69) is 0 Å². The number of hydrogen-bond acceptors (Lipinski definition) is 8. The predicted molar refractivity (Wildman–Crippen MR) is 69.5 cm³/mol. The highest BCUT2D eigenvalue weighted by molar-refractivity contribution is 5.91. The van der Waals surface area contributed by atoms with E-state index in [1.807, 2.05) is 0 Å². The van der Waals surface area contributed by atoms with Crippen molar-refractivity contribution in [1.29, 1.82) is 0 Å². The van der Waals surface area contributed by atoms with Crippen molar-refractivity contribution in [3.8, 4) is 11.5 Å². The summed E-state index contributed by atoms with van der Waals surface area (Å²) in [7, 11) is 0. The molecular formula is C13H16O9. The van der Waals surface area contributed by atoms with E-state index in [9.17, 15) is 25.2 Å². The van der Waals surface area contributed by atoms with Gasteiger partial charge in [0.2, 0.25) is 6.29 Å². The molecule has 0 saturated carbocycles. The van der Waals surface area contributed by atoms with Crippen LogP contribution in [0.1, 0.15) is 10.4 Å². The predicted octanol–water partition coefficient (Wildman–Crippen LogP) is -1.73. The fourth-order valence-corrected chi connectivity index (χ4v) is 2.06. The molecule has 9 nitrogen and oxygen atoms in total. The van der Waals surface area contributed by atoms with E-state index in [1.54, 1.807) is 0 Å². The second kappa shape index (κ2) is 6.46. The summed E-state index contributed by atoms with van der Waals surface area (Å²) in [6.07, 6.45) is -7.30. The summed E-state index contributed by atoms with van der Waals surface area (Å²) >= 11 is 0. The van der Waals surface area contributed by atoms with Crippen LogP contribution in [0.5, 0.6) is 11.5 Å². The molecule has 122 valence electrons. The first kappa shape index (κ1) is 16.5. The molecule has 1 heterocycles. The largest absolute Gasteiger partial charge is 0.507 e.